The van der Waals surface area contributed by atoms with E-state index in [9.17, 15) is 18.0 Å². The van der Waals surface area contributed by atoms with E-state index < -0.39 is 27.8 Å². The maximum atomic E-state index is 12.9. The first kappa shape index (κ1) is 26.3. The van der Waals surface area contributed by atoms with Gasteiger partial charge in [-0.25, -0.2) is 8.42 Å². The van der Waals surface area contributed by atoms with Gasteiger partial charge in [-0.3, -0.25) is 9.59 Å². The molecule has 0 aliphatic heterocycles. The van der Waals surface area contributed by atoms with E-state index in [0.29, 0.717) is 6.42 Å². The normalized spacial score (nSPS) is 13.6. The summed E-state index contributed by atoms with van der Waals surface area (Å²) in [6.07, 6.45) is 8.46. The molecule has 0 saturated heterocycles. The minimum absolute atomic E-state index is 0.148. The highest BCUT2D eigenvalue weighted by Gasteiger charge is 2.32. The average Bonchev–Trinajstić information content (AvgIpc) is 2.67. The molecule has 0 amide bonds. The molecule has 1 rings (SSSR count). The minimum atomic E-state index is -3.66. The van der Waals surface area contributed by atoms with Gasteiger partial charge in [-0.15, -0.1) is 0 Å². The Kier molecular flexibility index (Phi) is 11.9. The van der Waals surface area contributed by atoms with Crippen molar-refractivity contribution in [3.63, 3.8) is 0 Å². The lowest BCUT2D eigenvalue weighted by molar-refractivity contribution is -0.149. The Morgan fingerprint density at radius 1 is 0.933 bits per heavy atom. The summed E-state index contributed by atoms with van der Waals surface area (Å²) in [7, 11) is -3.66. The van der Waals surface area contributed by atoms with Crippen LogP contribution < -0.4 is 0 Å². The number of unbranched alkanes of at least 4 members (excludes halogenated alkanes) is 7. The number of hydrogen-bond donors (Lipinski definition) is 0. The molecule has 1 aromatic rings. The molecule has 5 nitrogen and oxygen atoms in total. The van der Waals surface area contributed by atoms with E-state index in [0.717, 1.165) is 24.8 Å². The number of rotatable bonds is 15. The van der Waals surface area contributed by atoms with Gasteiger partial charge >= 0.3 is 5.97 Å². The summed E-state index contributed by atoms with van der Waals surface area (Å²) in [6, 6.07) is 6.59. The Morgan fingerprint density at radius 3 is 2.00 bits per heavy atom. The van der Waals surface area contributed by atoms with Crippen molar-refractivity contribution in [3.8, 4) is 0 Å². The molecular formula is C24H38O5S. The van der Waals surface area contributed by atoms with Crippen LogP contribution in [0.4, 0.5) is 0 Å². The van der Waals surface area contributed by atoms with Gasteiger partial charge in [-0.2, -0.15) is 0 Å². The van der Waals surface area contributed by atoms with Crippen LogP contribution in [-0.2, 0) is 24.2 Å². The third-order valence-electron chi connectivity index (χ3n) is 5.39. The number of hydrogen-bond acceptors (Lipinski definition) is 5. The van der Waals surface area contributed by atoms with Crippen molar-refractivity contribution >= 4 is 21.6 Å². The Labute approximate surface area is 182 Å². The standard InChI is InChI=1S/C24H38O5S/c1-5-6-7-8-9-10-11-12-13-24(26)23(20(3)29-21(4)25)18-30(27,28)22-16-14-19(2)15-17-22/h14-17,20,23H,5-13,18H2,1-4H3/t20-,23+/m1/s1. The van der Waals surface area contributed by atoms with Crippen molar-refractivity contribution in [2.24, 2.45) is 5.92 Å². The van der Waals surface area contributed by atoms with E-state index in [1.165, 1.54) is 39.0 Å². The molecule has 30 heavy (non-hydrogen) atoms. The Hall–Kier alpha value is -1.69. The smallest absolute Gasteiger partial charge is 0.302 e. The topological polar surface area (TPSA) is 77.5 Å². The molecule has 0 aromatic heterocycles. The molecule has 1 aromatic carbocycles. The van der Waals surface area contributed by atoms with Gasteiger partial charge < -0.3 is 4.74 Å². The van der Waals surface area contributed by atoms with Crippen molar-refractivity contribution in [2.75, 3.05) is 5.75 Å². The molecule has 0 N–H and O–H groups in total. The average molecular weight is 439 g/mol. The van der Waals surface area contributed by atoms with Crippen LogP contribution in [0.3, 0.4) is 0 Å². The van der Waals surface area contributed by atoms with E-state index in [4.69, 9.17) is 4.74 Å². The summed E-state index contributed by atoms with van der Waals surface area (Å²) in [5, 5.41) is 0. The quantitative estimate of drug-likeness (QED) is 0.269. The number of aryl methyl sites for hydroxylation is 1. The largest absolute Gasteiger partial charge is 0.462 e. The third-order valence-corrected chi connectivity index (χ3v) is 7.18. The van der Waals surface area contributed by atoms with E-state index in [1.54, 1.807) is 31.2 Å². The van der Waals surface area contributed by atoms with Gasteiger partial charge in [-0.05, 0) is 32.4 Å². The second-order valence-electron chi connectivity index (χ2n) is 8.21. The van der Waals surface area contributed by atoms with Crippen molar-refractivity contribution in [1.29, 1.82) is 0 Å². The van der Waals surface area contributed by atoms with Crippen LogP contribution in [0, 0.1) is 12.8 Å². The number of esters is 1. The second kappa shape index (κ2) is 13.6. The van der Waals surface area contributed by atoms with Crippen LogP contribution in [0.25, 0.3) is 0 Å². The summed E-state index contributed by atoms with van der Waals surface area (Å²) in [6.45, 7) is 6.95. The predicted molar refractivity (Wildman–Crippen MR) is 120 cm³/mol. The van der Waals surface area contributed by atoms with Crippen LogP contribution in [0.1, 0.15) is 84.1 Å². The highest BCUT2D eigenvalue weighted by molar-refractivity contribution is 7.91. The minimum Gasteiger partial charge on any atom is -0.462 e. The lowest BCUT2D eigenvalue weighted by Crippen LogP contribution is -2.35. The summed E-state index contributed by atoms with van der Waals surface area (Å²) in [4.78, 5) is 24.4. The van der Waals surface area contributed by atoms with E-state index in [1.807, 2.05) is 6.92 Å². The zero-order valence-electron chi connectivity index (χ0n) is 19.0. The molecule has 0 unspecified atom stereocenters. The number of sulfone groups is 1. The predicted octanol–water partition coefficient (Wildman–Crippen LogP) is 5.44. The summed E-state index contributed by atoms with van der Waals surface area (Å²) in [5.74, 6) is -1.87. The van der Waals surface area contributed by atoms with Gasteiger partial charge in [0.05, 0.1) is 16.6 Å². The first-order chi connectivity index (χ1) is 14.2. The Bertz CT molecular complexity index is 752. The van der Waals surface area contributed by atoms with Crippen LogP contribution in [0.15, 0.2) is 29.2 Å². The zero-order valence-corrected chi connectivity index (χ0v) is 19.8. The van der Waals surface area contributed by atoms with Crippen molar-refractivity contribution < 1.29 is 22.7 Å². The van der Waals surface area contributed by atoms with E-state index in [-0.39, 0.29) is 16.4 Å². The van der Waals surface area contributed by atoms with Crippen LogP contribution in [0.2, 0.25) is 0 Å². The Morgan fingerprint density at radius 2 is 1.47 bits per heavy atom. The molecule has 0 spiro atoms. The molecule has 0 heterocycles. The maximum Gasteiger partial charge on any atom is 0.302 e. The van der Waals surface area contributed by atoms with Gasteiger partial charge in [0.2, 0.25) is 0 Å². The fourth-order valence-corrected chi connectivity index (χ4v) is 5.20. The lowest BCUT2D eigenvalue weighted by atomic mass is 9.95. The van der Waals surface area contributed by atoms with Crippen LogP contribution in [-0.4, -0.2) is 32.0 Å². The number of carbonyl (C=O) groups is 2. The fraction of sp³-hybridized carbons (Fsp3) is 0.667. The first-order valence-corrected chi connectivity index (χ1v) is 12.8. The van der Waals surface area contributed by atoms with Crippen LogP contribution in [0.5, 0.6) is 0 Å². The lowest BCUT2D eigenvalue weighted by Gasteiger charge is -2.22. The molecule has 6 heteroatoms. The van der Waals surface area contributed by atoms with E-state index >= 15 is 0 Å². The monoisotopic (exact) mass is 438 g/mol. The second-order valence-corrected chi connectivity index (χ2v) is 10.2. The van der Waals surface area contributed by atoms with Gasteiger partial charge in [0, 0.05) is 13.3 Å². The van der Waals surface area contributed by atoms with Crippen molar-refractivity contribution in [2.45, 2.75) is 96.5 Å². The van der Waals surface area contributed by atoms with Gasteiger partial charge in [0.25, 0.3) is 0 Å². The fourth-order valence-electron chi connectivity index (χ4n) is 3.53. The highest BCUT2D eigenvalue weighted by atomic mass is 32.2. The maximum absolute atomic E-state index is 12.9. The third kappa shape index (κ3) is 9.88. The molecule has 0 fully saturated rings. The SMILES string of the molecule is CCCCCCCCCCC(=O)[C@@H](CS(=O)(=O)c1ccc(C)cc1)[C@@H](C)OC(C)=O. The van der Waals surface area contributed by atoms with Gasteiger partial charge in [0.1, 0.15) is 11.9 Å². The first-order valence-electron chi connectivity index (χ1n) is 11.2. The highest BCUT2D eigenvalue weighted by Crippen LogP contribution is 2.22. The number of ketones is 1. The van der Waals surface area contributed by atoms with Gasteiger partial charge in [0.15, 0.2) is 9.84 Å². The number of Topliss-reactive ketones (excluding diaryl/α,β-unsaturated/α-hetero) is 1. The molecular weight excluding hydrogens is 400 g/mol. The van der Waals surface area contributed by atoms with Crippen LogP contribution >= 0.6 is 0 Å². The van der Waals surface area contributed by atoms with Crippen molar-refractivity contribution in [1.82, 2.24) is 0 Å². The molecule has 0 radical (unpaired) electrons. The zero-order chi connectivity index (χ0) is 22.6. The summed E-state index contributed by atoms with van der Waals surface area (Å²) >= 11 is 0. The molecule has 0 bridgehead atoms. The van der Waals surface area contributed by atoms with Crippen molar-refractivity contribution in [3.05, 3.63) is 29.8 Å². The van der Waals surface area contributed by atoms with Gasteiger partial charge in [-0.1, -0.05) is 69.6 Å². The molecule has 0 aliphatic rings. The van der Waals surface area contributed by atoms with E-state index in [2.05, 4.69) is 6.92 Å². The number of carbonyl (C=O) groups excluding carboxylic acids is 2. The molecule has 2 atom stereocenters. The molecule has 0 saturated carbocycles. The number of ether oxygens (including phenoxy) is 1. The molecule has 170 valence electrons. The molecule has 0 aliphatic carbocycles. The number of benzene rings is 1. The Balaban J connectivity index is 2.69. The summed E-state index contributed by atoms with van der Waals surface area (Å²) in [5.41, 5.74) is 0.963. The summed E-state index contributed by atoms with van der Waals surface area (Å²) < 4.78 is 30.9.